The van der Waals surface area contributed by atoms with Crippen LogP contribution < -0.4 is 15.4 Å². The second-order valence-electron chi connectivity index (χ2n) is 3.23. The zero-order valence-corrected chi connectivity index (χ0v) is 10.9. The van der Waals surface area contributed by atoms with Gasteiger partial charge >= 0.3 is 6.03 Å². The van der Waals surface area contributed by atoms with E-state index in [0.717, 1.165) is 22.3 Å². The van der Waals surface area contributed by atoms with Crippen LogP contribution in [0.1, 0.15) is 13.3 Å². The predicted molar refractivity (Wildman–Crippen MR) is 68.0 cm³/mol. The summed E-state index contributed by atoms with van der Waals surface area (Å²) in [6, 6.07) is 5.18. The number of carbonyl (C=O) groups excluding carboxylic acids is 1. The van der Waals surface area contributed by atoms with Crippen LogP contribution in [0.2, 0.25) is 0 Å². The molecule has 0 spiro atoms. The summed E-state index contributed by atoms with van der Waals surface area (Å²) in [7, 11) is 1.60. The van der Waals surface area contributed by atoms with Crippen LogP contribution in [-0.2, 0) is 0 Å². The lowest BCUT2D eigenvalue weighted by molar-refractivity contribution is 0.252. The van der Waals surface area contributed by atoms with E-state index in [2.05, 4.69) is 26.6 Å². The van der Waals surface area contributed by atoms with Crippen molar-refractivity contribution in [2.24, 2.45) is 0 Å². The highest BCUT2D eigenvalue weighted by Crippen LogP contribution is 2.27. The number of halogens is 1. The zero-order chi connectivity index (χ0) is 12.0. The standard InChI is InChI=1S/C11H15BrN2O2/c1-3-6-13-11(15)14-8-4-5-10(16-2)9(12)7-8/h4-5,7H,3,6H2,1-2H3,(H2,13,14,15). The summed E-state index contributed by atoms with van der Waals surface area (Å²) in [6.45, 7) is 2.67. The summed E-state index contributed by atoms with van der Waals surface area (Å²) >= 11 is 3.35. The van der Waals surface area contributed by atoms with Crippen molar-refractivity contribution in [3.63, 3.8) is 0 Å². The van der Waals surface area contributed by atoms with Crippen LogP contribution in [0.3, 0.4) is 0 Å². The zero-order valence-electron chi connectivity index (χ0n) is 9.34. The van der Waals surface area contributed by atoms with E-state index in [0.29, 0.717) is 6.54 Å². The second-order valence-corrected chi connectivity index (χ2v) is 4.08. The van der Waals surface area contributed by atoms with E-state index in [9.17, 15) is 4.79 Å². The third kappa shape index (κ3) is 3.73. The van der Waals surface area contributed by atoms with Gasteiger partial charge in [0.1, 0.15) is 5.75 Å². The molecule has 1 aromatic rings. The minimum Gasteiger partial charge on any atom is -0.496 e. The number of rotatable bonds is 4. The monoisotopic (exact) mass is 286 g/mol. The van der Waals surface area contributed by atoms with E-state index >= 15 is 0 Å². The molecule has 88 valence electrons. The number of hydrogen-bond donors (Lipinski definition) is 2. The SMILES string of the molecule is CCCNC(=O)Nc1ccc(OC)c(Br)c1. The van der Waals surface area contributed by atoms with Gasteiger partial charge < -0.3 is 15.4 Å². The Hall–Kier alpha value is -1.23. The van der Waals surface area contributed by atoms with Gasteiger partial charge in [-0.3, -0.25) is 0 Å². The Balaban J connectivity index is 2.61. The van der Waals surface area contributed by atoms with Gasteiger partial charge in [0.15, 0.2) is 0 Å². The maximum atomic E-state index is 11.4. The van der Waals surface area contributed by atoms with Crippen molar-refractivity contribution < 1.29 is 9.53 Å². The number of methoxy groups -OCH3 is 1. The van der Waals surface area contributed by atoms with E-state index in [1.807, 2.05) is 6.92 Å². The molecule has 0 aliphatic rings. The third-order valence-corrected chi connectivity index (χ3v) is 2.56. The molecule has 0 atom stereocenters. The third-order valence-electron chi connectivity index (χ3n) is 1.95. The smallest absolute Gasteiger partial charge is 0.319 e. The minimum atomic E-state index is -0.195. The quantitative estimate of drug-likeness (QED) is 0.894. The molecule has 0 saturated heterocycles. The summed E-state index contributed by atoms with van der Waals surface area (Å²) < 4.78 is 5.90. The normalized spacial score (nSPS) is 9.69. The van der Waals surface area contributed by atoms with E-state index in [1.165, 1.54) is 0 Å². The first-order chi connectivity index (χ1) is 7.67. The van der Waals surface area contributed by atoms with Gasteiger partial charge in [0, 0.05) is 12.2 Å². The molecule has 0 aromatic heterocycles. The molecular weight excluding hydrogens is 272 g/mol. The maximum Gasteiger partial charge on any atom is 0.319 e. The van der Waals surface area contributed by atoms with Crippen LogP contribution in [0.5, 0.6) is 5.75 Å². The van der Waals surface area contributed by atoms with E-state index < -0.39 is 0 Å². The summed E-state index contributed by atoms with van der Waals surface area (Å²) in [5.74, 6) is 0.736. The fourth-order valence-corrected chi connectivity index (χ4v) is 1.70. The van der Waals surface area contributed by atoms with E-state index in [1.54, 1.807) is 25.3 Å². The highest BCUT2D eigenvalue weighted by Gasteiger charge is 2.04. The Morgan fingerprint density at radius 2 is 2.25 bits per heavy atom. The van der Waals surface area contributed by atoms with E-state index in [4.69, 9.17) is 4.74 Å². The molecule has 0 aliphatic heterocycles. The highest BCUT2D eigenvalue weighted by atomic mass is 79.9. The van der Waals surface area contributed by atoms with Crippen LogP contribution in [0.4, 0.5) is 10.5 Å². The molecule has 0 saturated carbocycles. The number of benzene rings is 1. The second kappa shape index (κ2) is 6.37. The van der Waals surface area contributed by atoms with Gasteiger partial charge in [0.25, 0.3) is 0 Å². The van der Waals surface area contributed by atoms with Gasteiger partial charge in [0.05, 0.1) is 11.6 Å². The number of nitrogens with one attached hydrogen (secondary N) is 2. The van der Waals surface area contributed by atoms with Crippen molar-refractivity contribution in [2.45, 2.75) is 13.3 Å². The molecule has 16 heavy (non-hydrogen) atoms. The first-order valence-corrected chi connectivity index (χ1v) is 5.85. The maximum absolute atomic E-state index is 11.4. The number of urea groups is 1. The Morgan fingerprint density at radius 3 is 2.81 bits per heavy atom. The van der Waals surface area contributed by atoms with Crippen molar-refractivity contribution in [1.29, 1.82) is 0 Å². The number of anilines is 1. The Kier molecular flexibility index (Phi) is 5.11. The Bertz CT molecular complexity index is 369. The van der Waals surface area contributed by atoms with Gasteiger partial charge in [0.2, 0.25) is 0 Å². The molecular formula is C11H15BrN2O2. The molecule has 2 amide bonds. The van der Waals surface area contributed by atoms with Gasteiger partial charge in [-0.15, -0.1) is 0 Å². The average molecular weight is 287 g/mol. The molecule has 1 aromatic carbocycles. The van der Waals surface area contributed by atoms with Crippen LogP contribution >= 0.6 is 15.9 Å². The van der Waals surface area contributed by atoms with Crippen LogP contribution in [0, 0.1) is 0 Å². The van der Waals surface area contributed by atoms with E-state index in [-0.39, 0.29) is 6.03 Å². The molecule has 0 fully saturated rings. The number of ether oxygens (including phenoxy) is 1. The fraction of sp³-hybridized carbons (Fsp3) is 0.364. The summed E-state index contributed by atoms with van der Waals surface area (Å²) in [4.78, 5) is 11.4. The fourth-order valence-electron chi connectivity index (χ4n) is 1.16. The largest absolute Gasteiger partial charge is 0.496 e. The number of carbonyl (C=O) groups is 1. The number of amides is 2. The van der Waals surface area contributed by atoms with Gasteiger partial charge in [-0.1, -0.05) is 6.92 Å². The van der Waals surface area contributed by atoms with Crippen molar-refractivity contribution >= 4 is 27.6 Å². The summed E-state index contributed by atoms with van der Waals surface area (Å²) in [5.41, 5.74) is 0.723. The van der Waals surface area contributed by atoms with Gasteiger partial charge in [-0.2, -0.15) is 0 Å². The van der Waals surface area contributed by atoms with Crippen molar-refractivity contribution in [1.82, 2.24) is 5.32 Å². The van der Waals surface area contributed by atoms with Gasteiger partial charge in [-0.25, -0.2) is 4.79 Å². The Labute approximate surface area is 103 Å². The van der Waals surface area contributed by atoms with Gasteiger partial charge in [-0.05, 0) is 40.5 Å². The predicted octanol–water partition coefficient (Wildman–Crippen LogP) is 2.99. The first kappa shape index (κ1) is 12.8. The van der Waals surface area contributed by atoms with Crippen molar-refractivity contribution in [2.75, 3.05) is 19.0 Å². The molecule has 5 heteroatoms. The molecule has 0 heterocycles. The molecule has 2 N–H and O–H groups in total. The number of hydrogen-bond acceptors (Lipinski definition) is 2. The lowest BCUT2D eigenvalue weighted by Crippen LogP contribution is -2.29. The van der Waals surface area contributed by atoms with Crippen LogP contribution in [-0.4, -0.2) is 19.7 Å². The Morgan fingerprint density at radius 1 is 1.50 bits per heavy atom. The topological polar surface area (TPSA) is 50.4 Å². The van der Waals surface area contributed by atoms with Crippen molar-refractivity contribution in [3.05, 3.63) is 22.7 Å². The first-order valence-electron chi connectivity index (χ1n) is 5.05. The highest BCUT2D eigenvalue weighted by molar-refractivity contribution is 9.10. The van der Waals surface area contributed by atoms with Crippen molar-refractivity contribution in [3.8, 4) is 5.75 Å². The molecule has 0 unspecified atom stereocenters. The summed E-state index contributed by atoms with van der Waals surface area (Å²) in [6.07, 6.45) is 0.916. The van der Waals surface area contributed by atoms with Crippen LogP contribution in [0.25, 0.3) is 0 Å². The van der Waals surface area contributed by atoms with Crippen LogP contribution in [0.15, 0.2) is 22.7 Å². The molecule has 0 bridgehead atoms. The molecule has 0 aliphatic carbocycles. The summed E-state index contributed by atoms with van der Waals surface area (Å²) in [5, 5.41) is 5.47. The molecule has 1 rings (SSSR count). The average Bonchev–Trinajstić information content (AvgIpc) is 2.26. The lowest BCUT2D eigenvalue weighted by Gasteiger charge is -2.08. The lowest BCUT2D eigenvalue weighted by atomic mass is 10.3. The minimum absolute atomic E-state index is 0.195. The molecule has 4 nitrogen and oxygen atoms in total. The molecule has 0 radical (unpaired) electrons.